The molecule has 1 aromatic heterocycles. The molecule has 2 aromatic rings. The van der Waals surface area contributed by atoms with Crippen LogP contribution < -0.4 is 10.2 Å². The highest BCUT2D eigenvalue weighted by molar-refractivity contribution is 7.09. The van der Waals surface area contributed by atoms with E-state index in [4.69, 9.17) is 5.26 Å². The predicted octanol–water partition coefficient (Wildman–Crippen LogP) is 3.34. The molecule has 118 valence electrons. The minimum absolute atomic E-state index is 0.154. The third-order valence-electron chi connectivity index (χ3n) is 3.90. The maximum atomic E-state index is 12.1. The van der Waals surface area contributed by atoms with Crippen molar-refractivity contribution in [3.05, 3.63) is 40.3 Å². The highest BCUT2D eigenvalue weighted by atomic mass is 32.1. The van der Waals surface area contributed by atoms with Crippen LogP contribution in [0.3, 0.4) is 0 Å². The van der Waals surface area contributed by atoms with Crippen LogP contribution in [0.15, 0.2) is 29.9 Å². The number of nitriles is 1. The summed E-state index contributed by atoms with van der Waals surface area (Å²) in [5.74, 6) is 0.154. The Labute approximate surface area is 139 Å². The molecule has 0 fully saturated rings. The molecule has 0 unspecified atom stereocenters. The SMILES string of the molecule is N#CCCCN1C(=O)CCc2cc(NCc3cncs3)ccc21. The van der Waals surface area contributed by atoms with Crippen LogP contribution in [0.4, 0.5) is 11.4 Å². The molecule has 0 radical (unpaired) electrons. The lowest BCUT2D eigenvalue weighted by Gasteiger charge is -2.29. The molecule has 3 rings (SSSR count). The van der Waals surface area contributed by atoms with E-state index in [1.165, 1.54) is 10.4 Å². The summed E-state index contributed by atoms with van der Waals surface area (Å²) in [6, 6.07) is 8.28. The van der Waals surface area contributed by atoms with Crippen molar-refractivity contribution in [3.63, 3.8) is 0 Å². The molecule has 1 aromatic carbocycles. The fourth-order valence-electron chi connectivity index (χ4n) is 2.75. The highest BCUT2D eigenvalue weighted by Gasteiger charge is 2.23. The topological polar surface area (TPSA) is 69.0 Å². The number of benzene rings is 1. The molecule has 2 heterocycles. The zero-order valence-corrected chi connectivity index (χ0v) is 13.6. The molecule has 6 heteroatoms. The number of rotatable bonds is 6. The van der Waals surface area contributed by atoms with Crippen molar-refractivity contribution >= 4 is 28.6 Å². The van der Waals surface area contributed by atoms with Gasteiger partial charge in [-0.3, -0.25) is 9.78 Å². The minimum Gasteiger partial charge on any atom is -0.380 e. The molecule has 0 bridgehead atoms. The molecule has 1 amide bonds. The zero-order valence-electron chi connectivity index (χ0n) is 12.8. The van der Waals surface area contributed by atoms with E-state index in [0.29, 0.717) is 25.8 Å². The molecule has 1 N–H and O–H groups in total. The number of thiazole rings is 1. The molecular weight excluding hydrogens is 308 g/mol. The van der Waals surface area contributed by atoms with Crippen LogP contribution in [0.2, 0.25) is 0 Å². The van der Waals surface area contributed by atoms with Gasteiger partial charge in [0.15, 0.2) is 0 Å². The zero-order chi connectivity index (χ0) is 16.1. The number of nitrogens with zero attached hydrogens (tertiary/aromatic N) is 3. The Hall–Kier alpha value is -2.39. The van der Waals surface area contributed by atoms with Gasteiger partial charge in [0.05, 0.1) is 18.1 Å². The average Bonchev–Trinajstić information content (AvgIpc) is 3.08. The summed E-state index contributed by atoms with van der Waals surface area (Å²) >= 11 is 1.63. The summed E-state index contributed by atoms with van der Waals surface area (Å²) in [5.41, 5.74) is 5.07. The van der Waals surface area contributed by atoms with Crippen molar-refractivity contribution in [3.8, 4) is 6.07 Å². The number of carbonyl (C=O) groups excluding carboxylic acids is 1. The van der Waals surface area contributed by atoms with Gasteiger partial charge in [0.2, 0.25) is 5.91 Å². The van der Waals surface area contributed by atoms with Crippen LogP contribution in [0, 0.1) is 11.3 Å². The van der Waals surface area contributed by atoms with Crippen LogP contribution in [-0.4, -0.2) is 17.4 Å². The van der Waals surface area contributed by atoms with Crippen molar-refractivity contribution in [2.75, 3.05) is 16.8 Å². The smallest absolute Gasteiger partial charge is 0.227 e. The molecule has 0 saturated carbocycles. The van der Waals surface area contributed by atoms with Gasteiger partial charge in [-0.1, -0.05) is 0 Å². The number of nitrogens with one attached hydrogen (secondary N) is 1. The Morgan fingerprint density at radius 3 is 3.09 bits per heavy atom. The van der Waals surface area contributed by atoms with Crippen LogP contribution in [0.5, 0.6) is 0 Å². The van der Waals surface area contributed by atoms with Gasteiger partial charge in [0, 0.05) is 41.8 Å². The van der Waals surface area contributed by atoms with Gasteiger partial charge in [0.1, 0.15) is 0 Å². The van der Waals surface area contributed by atoms with Gasteiger partial charge in [-0.05, 0) is 36.6 Å². The Morgan fingerprint density at radius 1 is 1.39 bits per heavy atom. The van der Waals surface area contributed by atoms with Crippen molar-refractivity contribution in [1.82, 2.24) is 4.98 Å². The predicted molar refractivity (Wildman–Crippen MR) is 91.4 cm³/mol. The second kappa shape index (κ2) is 7.25. The van der Waals surface area contributed by atoms with E-state index in [0.717, 1.165) is 24.3 Å². The van der Waals surface area contributed by atoms with Gasteiger partial charge in [-0.25, -0.2) is 0 Å². The standard InChI is InChI=1S/C17H18N4OS/c18-7-1-2-8-21-16-5-4-14(9-13(16)3-6-17(21)22)20-11-15-10-19-12-23-15/h4-5,9-10,12,20H,1-3,6,8,11H2. The maximum Gasteiger partial charge on any atom is 0.227 e. The second-order valence-electron chi connectivity index (χ2n) is 5.47. The van der Waals surface area contributed by atoms with Crippen LogP contribution in [0.1, 0.15) is 29.7 Å². The van der Waals surface area contributed by atoms with Crippen molar-refractivity contribution < 1.29 is 4.79 Å². The summed E-state index contributed by atoms with van der Waals surface area (Å²) < 4.78 is 0. The highest BCUT2D eigenvalue weighted by Crippen LogP contribution is 2.30. The Bertz CT molecular complexity index is 721. The van der Waals surface area contributed by atoms with E-state index in [2.05, 4.69) is 22.4 Å². The Balaban J connectivity index is 1.71. The molecular formula is C17H18N4OS. The summed E-state index contributed by atoms with van der Waals surface area (Å²) in [7, 11) is 0. The summed E-state index contributed by atoms with van der Waals surface area (Å²) in [5, 5.41) is 12.1. The average molecular weight is 326 g/mol. The van der Waals surface area contributed by atoms with Crippen LogP contribution >= 0.6 is 11.3 Å². The first kappa shape index (κ1) is 15.5. The Kier molecular flexibility index (Phi) is 4.89. The molecule has 0 saturated heterocycles. The maximum absolute atomic E-state index is 12.1. The number of carbonyl (C=O) groups is 1. The van der Waals surface area contributed by atoms with Crippen LogP contribution in [-0.2, 0) is 17.8 Å². The van der Waals surface area contributed by atoms with E-state index >= 15 is 0 Å². The third kappa shape index (κ3) is 3.69. The first-order valence-electron chi connectivity index (χ1n) is 7.69. The second-order valence-corrected chi connectivity index (χ2v) is 6.44. The lowest BCUT2D eigenvalue weighted by atomic mass is 10.00. The number of hydrogen-bond donors (Lipinski definition) is 1. The molecule has 23 heavy (non-hydrogen) atoms. The van der Waals surface area contributed by atoms with E-state index in [1.54, 1.807) is 11.3 Å². The fraction of sp³-hybridized carbons (Fsp3) is 0.353. The Morgan fingerprint density at radius 2 is 2.30 bits per heavy atom. The normalized spacial score (nSPS) is 13.5. The number of aryl methyl sites for hydroxylation is 1. The largest absolute Gasteiger partial charge is 0.380 e. The molecule has 0 spiro atoms. The number of amides is 1. The number of fused-ring (bicyclic) bond motifs is 1. The van der Waals surface area contributed by atoms with E-state index in [1.807, 2.05) is 28.7 Å². The first-order valence-corrected chi connectivity index (χ1v) is 8.57. The molecule has 5 nitrogen and oxygen atoms in total. The minimum atomic E-state index is 0.154. The van der Waals surface area contributed by atoms with Gasteiger partial charge in [-0.15, -0.1) is 11.3 Å². The van der Waals surface area contributed by atoms with Crippen molar-refractivity contribution in [2.45, 2.75) is 32.2 Å². The fourth-order valence-corrected chi connectivity index (χ4v) is 3.28. The first-order chi connectivity index (χ1) is 11.3. The number of unbranched alkanes of at least 4 members (excludes halogenated alkanes) is 1. The molecule has 0 atom stereocenters. The summed E-state index contributed by atoms with van der Waals surface area (Å²) in [6.07, 6.45) is 4.38. The van der Waals surface area contributed by atoms with E-state index in [9.17, 15) is 4.79 Å². The lowest BCUT2D eigenvalue weighted by molar-refractivity contribution is -0.118. The van der Waals surface area contributed by atoms with Gasteiger partial charge < -0.3 is 10.2 Å². The summed E-state index contributed by atoms with van der Waals surface area (Å²) in [6.45, 7) is 1.38. The van der Waals surface area contributed by atoms with E-state index in [-0.39, 0.29) is 5.91 Å². The van der Waals surface area contributed by atoms with Gasteiger partial charge in [0.25, 0.3) is 0 Å². The van der Waals surface area contributed by atoms with Gasteiger partial charge >= 0.3 is 0 Å². The molecule has 1 aliphatic rings. The van der Waals surface area contributed by atoms with Crippen molar-refractivity contribution in [1.29, 1.82) is 5.26 Å². The van der Waals surface area contributed by atoms with E-state index < -0.39 is 0 Å². The van der Waals surface area contributed by atoms with Crippen molar-refractivity contribution in [2.24, 2.45) is 0 Å². The van der Waals surface area contributed by atoms with Crippen LogP contribution in [0.25, 0.3) is 0 Å². The quantitative estimate of drug-likeness (QED) is 0.827. The summed E-state index contributed by atoms with van der Waals surface area (Å²) in [4.78, 5) is 19.2. The monoisotopic (exact) mass is 326 g/mol. The number of aromatic nitrogens is 1. The number of hydrogen-bond acceptors (Lipinski definition) is 5. The molecule has 0 aliphatic carbocycles. The number of anilines is 2. The third-order valence-corrected chi connectivity index (χ3v) is 4.68. The molecule has 1 aliphatic heterocycles. The lowest BCUT2D eigenvalue weighted by Crippen LogP contribution is -2.35. The van der Waals surface area contributed by atoms with Gasteiger partial charge in [-0.2, -0.15) is 5.26 Å².